The third-order valence-electron chi connectivity index (χ3n) is 5.16. The summed E-state index contributed by atoms with van der Waals surface area (Å²) in [5, 5.41) is 1.09. The predicted molar refractivity (Wildman–Crippen MR) is 89.2 cm³/mol. The first kappa shape index (κ1) is 14.5. The van der Waals surface area contributed by atoms with E-state index in [4.69, 9.17) is 0 Å². The summed E-state index contributed by atoms with van der Waals surface area (Å²) in [5.41, 5.74) is 0.958. The van der Waals surface area contributed by atoms with Gasteiger partial charge in [-0.05, 0) is 31.7 Å². The number of rotatable bonds is 3. The first-order chi connectivity index (χ1) is 11.1. The Bertz CT molecular complexity index is 736. The number of aromatic nitrogens is 3. The summed E-state index contributed by atoms with van der Waals surface area (Å²) in [6, 6.07) is 2.36. The zero-order chi connectivity index (χ0) is 16.0. The van der Waals surface area contributed by atoms with Gasteiger partial charge in [-0.3, -0.25) is 4.79 Å². The first-order valence-corrected chi connectivity index (χ1v) is 8.43. The summed E-state index contributed by atoms with van der Waals surface area (Å²) < 4.78 is 2.02. The van der Waals surface area contributed by atoms with Crippen LogP contribution in [0.15, 0.2) is 18.6 Å². The van der Waals surface area contributed by atoms with Gasteiger partial charge in [0.2, 0.25) is 5.91 Å². The van der Waals surface area contributed by atoms with Gasteiger partial charge in [-0.1, -0.05) is 0 Å². The Morgan fingerprint density at radius 2 is 2.13 bits per heavy atom. The number of hydrogen-bond acceptors (Lipinski definition) is 4. The second kappa shape index (κ2) is 5.51. The second-order valence-corrected chi connectivity index (χ2v) is 6.83. The molecular formula is C17H23N5O. The van der Waals surface area contributed by atoms with Crippen LogP contribution in [0.3, 0.4) is 0 Å². The van der Waals surface area contributed by atoms with Crippen molar-refractivity contribution in [1.29, 1.82) is 0 Å². The molecule has 6 nitrogen and oxygen atoms in total. The summed E-state index contributed by atoms with van der Waals surface area (Å²) >= 11 is 0. The van der Waals surface area contributed by atoms with E-state index in [1.165, 1.54) is 0 Å². The van der Waals surface area contributed by atoms with Gasteiger partial charge in [-0.15, -0.1) is 0 Å². The Kier molecular flexibility index (Phi) is 3.47. The zero-order valence-corrected chi connectivity index (χ0v) is 13.8. The average molecular weight is 313 g/mol. The number of amides is 1. The number of nitrogens with zero attached hydrogens (tertiary/aromatic N) is 5. The van der Waals surface area contributed by atoms with E-state index in [1.54, 1.807) is 6.33 Å². The van der Waals surface area contributed by atoms with Gasteiger partial charge < -0.3 is 14.4 Å². The van der Waals surface area contributed by atoms with Crippen LogP contribution >= 0.6 is 0 Å². The van der Waals surface area contributed by atoms with E-state index in [1.807, 2.05) is 29.8 Å². The van der Waals surface area contributed by atoms with E-state index in [-0.39, 0.29) is 12.0 Å². The van der Waals surface area contributed by atoms with E-state index in [0.717, 1.165) is 55.6 Å². The third-order valence-corrected chi connectivity index (χ3v) is 5.16. The fraction of sp³-hybridized carbons (Fsp3) is 0.588. The molecule has 2 fully saturated rings. The maximum atomic E-state index is 12.3. The zero-order valence-electron chi connectivity index (χ0n) is 13.8. The van der Waals surface area contributed by atoms with Gasteiger partial charge in [0.15, 0.2) is 0 Å². The molecule has 23 heavy (non-hydrogen) atoms. The highest BCUT2D eigenvalue weighted by Gasteiger charge is 2.36. The number of likely N-dealkylation sites (N-methyl/N-ethyl adjacent to an activating group) is 1. The van der Waals surface area contributed by atoms with Gasteiger partial charge in [-0.2, -0.15) is 0 Å². The maximum absolute atomic E-state index is 12.3. The van der Waals surface area contributed by atoms with Crippen molar-refractivity contribution in [3.05, 3.63) is 18.6 Å². The minimum absolute atomic E-state index is 0.283. The van der Waals surface area contributed by atoms with Crippen LogP contribution in [0.4, 0.5) is 5.82 Å². The molecule has 0 N–H and O–H groups in total. The average Bonchev–Trinajstić information content (AvgIpc) is 3.37. The number of aryl methyl sites for hydroxylation is 1. The molecule has 0 spiro atoms. The van der Waals surface area contributed by atoms with Gasteiger partial charge in [0.25, 0.3) is 0 Å². The minimum atomic E-state index is 0.283. The molecule has 2 aromatic rings. The van der Waals surface area contributed by atoms with Crippen molar-refractivity contribution in [2.24, 2.45) is 13.0 Å². The Morgan fingerprint density at radius 1 is 1.30 bits per heavy atom. The Balaban J connectivity index is 1.57. The molecule has 0 bridgehead atoms. The molecule has 0 aromatic carbocycles. The topological polar surface area (TPSA) is 54.3 Å². The normalized spacial score (nSPS) is 21.7. The van der Waals surface area contributed by atoms with Crippen LogP contribution in [0.1, 0.15) is 25.7 Å². The monoisotopic (exact) mass is 313 g/mol. The molecule has 1 unspecified atom stereocenters. The summed E-state index contributed by atoms with van der Waals surface area (Å²) in [7, 11) is 3.97. The quantitative estimate of drug-likeness (QED) is 0.867. The fourth-order valence-corrected chi connectivity index (χ4v) is 3.58. The van der Waals surface area contributed by atoms with Gasteiger partial charge in [0.05, 0.1) is 5.39 Å². The minimum Gasteiger partial charge on any atom is -0.354 e. The summed E-state index contributed by atoms with van der Waals surface area (Å²) in [4.78, 5) is 25.5. The molecule has 4 rings (SSSR count). The van der Waals surface area contributed by atoms with E-state index >= 15 is 0 Å². The van der Waals surface area contributed by atoms with Crippen molar-refractivity contribution in [1.82, 2.24) is 19.4 Å². The van der Waals surface area contributed by atoms with Crippen molar-refractivity contribution in [2.75, 3.05) is 25.0 Å². The molecule has 1 atom stereocenters. The van der Waals surface area contributed by atoms with Crippen LogP contribution in [0, 0.1) is 5.92 Å². The lowest BCUT2D eigenvalue weighted by Crippen LogP contribution is -2.49. The highest BCUT2D eigenvalue weighted by molar-refractivity contribution is 5.88. The largest absolute Gasteiger partial charge is 0.354 e. The summed E-state index contributed by atoms with van der Waals surface area (Å²) in [6.45, 7) is 1.85. The van der Waals surface area contributed by atoms with Crippen molar-refractivity contribution < 1.29 is 4.79 Å². The van der Waals surface area contributed by atoms with Crippen LogP contribution in [0.5, 0.6) is 0 Å². The Hall–Kier alpha value is -2.11. The molecule has 0 radical (unpaired) electrons. The second-order valence-electron chi connectivity index (χ2n) is 6.83. The lowest BCUT2D eigenvalue weighted by Gasteiger charge is -2.38. The highest BCUT2D eigenvalue weighted by Crippen LogP contribution is 2.33. The smallest absolute Gasteiger partial charge is 0.225 e. The van der Waals surface area contributed by atoms with E-state index in [0.29, 0.717) is 5.91 Å². The number of carbonyl (C=O) groups is 1. The molecular weight excluding hydrogens is 290 g/mol. The number of carbonyl (C=O) groups excluding carboxylic acids is 1. The van der Waals surface area contributed by atoms with Crippen molar-refractivity contribution in [2.45, 2.75) is 31.7 Å². The number of anilines is 1. The molecule has 1 aliphatic heterocycles. The molecule has 6 heteroatoms. The molecule has 2 aromatic heterocycles. The van der Waals surface area contributed by atoms with Gasteiger partial charge >= 0.3 is 0 Å². The van der Waals surface area contributed by atoms with Crippen LogP contribution in [0.2, 0.25) is 0 Å². The predicted octanol–water partition coefficient (Wildman–Crippen LogP) is 1.81. The highest BCUT2D eigenvalue weighted by atomic mass is 16.2. The molecule has 1 aliphatic carbocycles. The van der Waals surface area contributed by atoms with Crippen molar-refractivity contribution >= 4 is 22.8 Å². The number of fused-ring (bicyclic) bond motifs is 1. The number of piperidine rings is 1. The molecule has 2 aliphatic rings. The first-order valence-electron chi connectivity index (χ1n) is 8.43. The van der Waals surface area contributed by atoms with Crippen LogP contribution in [-0.4, -0.2) is 51.5 Å². The van der Waals surface area contributed by atoms with E-state index < -0.39 is 0 Å². The number of hydrogen-bond donors (Lipinski definition) is 0. The van der Waals surface area contributed by atoms with Gasteiger partial charge in [0, 0.05) is 45.3 Å². The van der Waals surface area contributed by atoms with E-state index in [9.17, 15) is 4.79 Å². The maximum Gasteiger partial charge on any atom is 0.225 e. The van der Waals surface area contributed by atoms with Crippen LogP contribution in [0.25, 0.3) is 11.0 Å². The SMILES string of the molecule is CN(C(=O)C1CC1)C1CCCN(c2ncnc3c2ccn3C)C1. The fourth-order valence-electron chi connectivity index (χ4n) is 3.58. The summed E-state index contributed by atoms with van der Waals surface area (Å²) in [5.74, 6) is 1.60. The third kappa shape index (κ3) is 2.56. The summed E-state index contributed by atoms with van der Waals surface area (Å²) in [6.07, 6.45) is 7.96. The lowest BCUT2D eigenvalue weighted by molar-refractivity contribution is -0.133. The lowest BCUT2D eigenvalue weighted by atomic mass is 10.0. The van der Waals surface area contributed by atoms with Gasteiger partial charge in [-0.25, -0.2) is 9.97 Å². The molecule has 1 saturated heterocycles. The van der Waals surface area contributed by atoms with E-state index in [2.05, 4.69) is 20.9 Å². The molecule has 1 amide bonds. The van der Waals surface area contributed by atoms with Crippen LogP contribution in [-0.2, 0) is 11.8 Å². The molecule has 1 saturated carbocycles. The van der Waals surface area contributed by atoms with Crippen LogP contribution < -0.4 is 4.90 Å². The molecule has 3 heterocycles. The standard InChI is InChI=1S/C17H23N5O/c1-20-9-7-14-15(20)18-11-19-16(14)22-8-3-4-13(10-22)21(2)17(23)12-5-6-12/h7,9,11-13H,3-6,8,10H2,1-2H3. The Morgan fingerprint density at radius 3 is 2.91 bits per heavy atom. The van der Waals surface area contributed by atoms with Gasteiger partial charge in [0.1, 0.15) is 17.8 Å². The molecule has 122 valence electrons. The van der Waals surface area contributed by atoms with Crippen molar-refractivity contribution in [3.63, 3.8) is 0 Å². The Labute approximate surface area is 136 Å². The van der Waals surface area contributed by atoms with Crippen molar-refractivity contribution in [3.8, 4) is 0 Å².